The molecule has 2 aromatic carbocycles. The molecule has 2 aliphatic rings. The number of hydrogen-bond donors (Lipinski definition) is 0. The van der Waals surface area contributed by atoms with Crippen LogP contribution in [0.3, 0.4) is 0 Å². The van der Waals surface area contributed by atoms with Crippen molar-refractivity contribution in [1.29, 1.82) is 0 Å². The van der Waals surface area contributed by atoms with Gasteiger partial charge in [-0.2, -0.15) is 0 Å². The molecule has 2 nitrogen and oxygen atoms in total. The highest BCUT2D eigenvalue weighted by atomic mass is 15.1. The summed E-state index contributed by atoms with van der Waals surface area (Å²) >= 11 is 0. The lowest BCUT2D eigenvalue weighted by Crippen LogP contribution is -2.14. The average molecular weight is 411 g/mol. The van der Waals surface area contributed by atoms with Crippen molar-refractivity contribution in [1.82, 2.24) is 9.55 Å². The van der Waals surface area contributed by atoms with Gasteiger partial charge in [-0.05, 0) is 76.6 Å². The Kier molecular flexibility index (Phi) is 5.12. The van der Waals surface area contributed by atoms with E-state index in [1.165, 1.54) is 64.6 Å². The molecule has 31 heavy (non-hydrogen) atoms. The maximum atomic E-state index is 4.75. The van der Waals surface area contributed by atoms with Gasteiger partial charge in [-0.3, -0.25) is 0 Å². The third-order valence-electron chi connectivity index (χ3n) is 7.17. The molecule has 5 rings (SSSR count). The first kappa shape index (κ1) is 20.3. The highest BCUT2D eigenvalue weighted by molar-refractivity contribution is 5.91. The molecule has 0 unspecified atom stereocenters. The Morgan fingerprint density at radius 2 is 1.77 bits per heavy atom. The number of aryl methyl sites for hydroxylation is 1. The molecular weight excluding hydrogens is 376 g/mol. The number of benzene rings is 2. The summed E-state index contributed by atoms with van der Waals surface area (Å²) < 4.78 is 2.40. The van der Waals surface area contributed by atoms with Crippen LogP contribution in [-0.2, 0) is 11.8 Å². The maximum Gasteiger partial charge on any atom is 0.0960 e. The smallest absolute Gasteiger partial charge is 0.0960 e. The van der Waals surface area contributed by atoms with Gasteiger partial charge >= 0.3 is 0 Å². The van der Waals surface area contributed by atoms with Crippen molar-refractivity contribution < 1.29 is 0 Å². The number of fused-ring (bicyclic) bond motifs is 1. The van der Waals surface area contributed by atoms with E-state index in [9.17, 15) is 0 Å². The molecule has 0 N–H and O–H groups in total. The summed E-state index contributed by atoms with van der Waals surface area (Å²) in [6, 6.07) is 14.5. The lowest BCUT2D eigenvalue weighted by Gasteiger charge is -2.23. The molecule has 1 fully saturated rings. The zero-order valence-corrected chi connectivity index (χ0v) is 19.4. The molecule has 3 aromatic rings. The Morgan fingerprint density at radius 3 is 2.52 bits per heavy atom. The van der Waals surface area contributed by atoms with Crippen molar-refractivity contribution in [2.45, 2.75) is 77.7 Å². The molecule has 2 aliphatic carbocycles. The molecule has 160 valence electrons. The Bertz CT molecular complexity index is 1180. The molecule has 0 spiro atoms. The SMILES string of the molecule is CCc1ccc(C2=CCC(c3ccc4c(c3)ncn4C3CCCC3)=C2)cc1C(C)(C)C. The van der Waals surface area contributed by atoms with Crippen LogP contribution in [0.2, 0.25) is 0 Å². The lowest BCUT2D eigenvalue weighted by molar-refractivity contribution is 0.532. The van der Waals surface area contributed by atoms with E-state index in [0.29, 0.717) is 6.04 Å². The van der Waals surface area contributed by atoms with Crippen LogP contribution in [0.15, 0.2) is 54.9 Å². The van der Waals surface area contributed by atoms with Crippen LogP contribution < -0.4 is 0 Å². The van der Waals surface area contributed by atoms with Crippen LogP contribution >= 0.6 is 0 Å². The number of imidazole rings is 1. The lowest BCUT2D eigenvalue weighted by atomic mass is 9.81. The quantitative estimate of drug-likeness (QED) is 0.428. The normalized spacial score (nSPS) is 17.4. The van der Waals surface area contributed by atoms with Gasteiger partial charge in [0.2, 0.25) is 0 Å². The Morgan fingerprint density at radius 1 is 1.00 bits per heavy atom. The van der Waals surface area contributed by atoms with Crippen molar-refractivity contribution in [3.63, 3.8) is 0 Å². The second-order valence-corrected chi connectivity index (χ2v) is 10.3. The van der Waals surface area contributed by atoms with Gasteiger partial charge in [0.1, 0.15) is 0 Å². The van der Waals surface area contributed by atoms with Crippen molar-refractivity contribution in [2.75, 3.05) is 0 Å². The van der Waals surface area contributed by atoms with Crippen molar-refractivity contribution in [2.24, 2.45) is 0 Å². The summed E-state index contributed by atoms with van der Waals surface area (Å²) in [6.45, 7) is 9.20. The fraction of sp³-hybridized carbons (Fsp3) is 0.414. The molecule has 0 atom stereocenters. The first-order valence-electron chi connectivity index (χ1n) is 12.0. The average Bonchev–Trinajstić information content (AvgIpc) is 3.52. The minimum Gasteiger partial charge on any atom is -0.327 e. The highest BCUT2D eigenvalue weighted by Gasteiger charge is 2.21. The topological polar surface area (TPSA) is 17.8 Å². The molecule has 0 bridgehead atoms. The van der Waals surface area contributed by atoms with Gasteiger partial charge in [0, 0.05) is 6.04 Å². The predicted octanol–water partition coefficient (Wildman–Crippen LogP) is 7.88. The van der Waals surface area contributed by atoms with Crippen molar-refractivity contribution >= 4 is 22.2 Å². The zero-order chi connectivity index (χ0) is 21.6. The monoisotopic (exact) mass is 410 g/mol. The number of rotatable bonds is 4. The van der Waals surface area contributed by atoms with Crippen molar-refractivity contribution in [3.05, 3.63) is 77.1 Å². The molecule has 1 heterocycles. The van der Waals surface area contributed by atoms with E-state index in [1.54, 1.807) is 0 Å². The Labute approximate surface area is 186 Å². The summed E-state index contributed by atoms with van der Waals surface area (Å²) in [5.41, 5.74) is 10.9. The van der Waals surface area contributed by atoms with Gasteiger partial charge in [0.25, 0.3) is 0 Å². The number of nitrogens with zero attached hydrogens (tertiary/aromatic N) is 2. The molecule has 2 heteroatoms. The third kappa shape index (κ3) is 3.78. The fourth-order valence-corrected chi connectivity index (χ4v) is 5.40. The van der Waals surface area contributed by atoms with Crippen LogP contribution in [0.1, 0.15) is 88.1 Å². The van der Waals surface area contributed by atoms with E-state index in [2.05, 4.69) is 87.1 Å². The molecule has 0 amide bonds. The molecule has 1 saturated carbocycles. The fourth-order valence-electron chi connectivity index (χ4n) is 5.40. The van der Waals surface area contributed by atoms with Gasteiger partial charge in [0.05, 0.1) is 17.4 Å². The molecule has 0 aliphatic heterocycles. The largest absolute Gasteiger partial charge is 0.327 e. The van der Waals surface area contributed by atoms with E-state index < -0.39 is 0 Å². The predicted molar refractivity (Wildman–Crippen MR) is 132 cm³/mol. The third-order valence-corrected chi connectivity index (χ3v) is 7.17. The van der Waals surface area contributed by atoms with Gasteiger partial charge in [-0.1, -0.05) is 77.0 Å². The minimum absolute atomic E-state index is 0.163. The van der Waals surface area contributed by atoms with Gasteiger partial charge in [-0.15, -0.1) is 0 Å². The molecule has 0 radical (unpaired) electrons. The van der Waals surface area contributed by atoms with E-state index in [-0.39, 0.29) is 5.41 Å². The van der Waals surface area contributed by atoms with Crippen LogP contribution in [0.5, 0.6) is 0 Å². The number of allylic oxidation sites excluding steroid dienone is 4. The number of hydrogen-bond acceptors (Lipinski definition) is 1. The first-order chi connectivity index (χ1) is 14.9. The molecule has 0 saturated heterocycles. The van der Waals surface area contributed by atoms with Gasteiger partial charge in [0.15, 0.2) is 0 Å². The second kappa shape index (κ2) is 7.82. The first-order valence-corrected chi connectivity index (χ1v) is 12.0. The van der Waals surface area contributed by atoms with Gasteiger partial charge < -0.3 is 4.57 Å². The van der Waals surface area contributed by atoms with E-state index in [0.717, 1.165) is 18.4 Å². The zero-order valence-electron chi connectivity index (χ0n) is 19.4. The molecule has 1 aromatic heterocycles. The van der Waals surface area contributed by atoms with Crippen LogP contribution in [0.4, 0.5) is 0 Å². The second-order valence-electron chi connectivity index (χ2n) is 10.3. The van der Waals surface area contributed by atoms with Crippen LogP contribution in [0, 0.1) is 0 Å². The van der Waals surface area contributed by atoms with Gasteiger partial charge in [-0.25, -0.2) is 4.98 Å². The maximum absolute atomic E-state index is 4.75. The van der Waals surface area contributed by atoms with E-state index in [4.69, 9.17) is 4.98 Å². The van der Waals surface area contributed by atoms with Crippen molar-refractivity contribution in [3.8, 4) is 0 Å². The summed E-state index contributed by atoms with van der Waals surface area (Å²) in [5.74, 6) is 0. The van der Waals surface area contributed by atoms with E-state index >= 15 is 0 Å². The summed E-state index contributed by atoms with van der Waals surface area (Å²) in [5, 5.41) is 0. The Hall–Kier alpha value is -2.61. The Balaban J connectivity index is 1.44. The summed E-state index contributed by atoms with van der Waals surface area (Å²) in [7, 11) is 0. The molecular formula is C29H34N2. The van der Waals surface area contributed by atoms with Crippen LogP contribution in [0.25, 0.3) is 22.2 Å². The number of aromatic nitrogens is 2. The highest BCUT2D eigenvalue weighted by Crippen LogP contribution is 2.37. The summed E-state index contributed by atoms with van der Waals surface area (Å²) in [6.07, 6.45) is 14.2. The minimum atomic E-state index is 0.163. The van der Waals surface area contributed by atoms with E-state index in [1.807, 2.05) is 0 Å². The van der Waals surface area contributed by atoms with Crippen LogP contribution in [-0.4, -0.2) is 9.55 Å². The summed E-state index contributed by atoms with van der Waals surface area (Å²) in [4.78, 5) is 4.75. The standard InChI is InChI=1S/C29H34N2/c1-5-20-10-11-23(17-26(20)29(2,3)4)21-12-13-22(16-21)24-14-15-28-27(18-24)30-19-31(28)25-8-6-7-9-25/h10-12,14-19,25H,5-9,13H2,1-4H3.